The summed E-state index contributed by atoms with van der Waals surface area (Å²) < 4.78 is 5.35. The topological polar surface area (TPSA) is 49.9 Å². The molecule has 23 heavy (non-hydrogen) atoms. The Labute approximate surface area is 137 Å². The van der Waals surface area contributed by atoms with Crippen LogP contribution < -0.4 is 0 Å². The lowest BCUT2D eigenvalue weighted by Crippen LogP contribution is -2.51. The van der Waals surface area contributed by atoms with Gasteiger partial charge in [0.2, 0.25) is 11.8 Å². The van der Waals surface area contributed by atoms with Crippen molar-refractivity contribution in [1.82, 2.24) is 9.80 Å². The van der Waals surface area contributed by atoms with Crippen LogP contribution in [0.25, 0.3) is 0 Å². The summed E-state index contributed by atoms with van der Waals surface area (Å²) in [5, 5.41) is 0. The molecule has 2 heterocycles. The van der Waals surface area contributed by atoms with Gasteiger partial charge in [0.25, 0.3) is 0 Å². The minimum Gasteiger partial charge on any atom is -0.378 e. The van der Waals surface area contributed by atoms with Crippen molar-refractivity contribution in [1.29, 1.82) is 0 Å². The molecule has 2 aliphatic heterocycles. The maximum atomic E-state index is 13.0. The van der Waals surface area contributed by atoms with Crippen molar-refractivity contribution in [3.63, 3.8) is 0 Å². The Morgan fingerprint density at radius 1 is 1.22 bits per heavy atom. The normalized spacial score (nSPS) is 25.5. The molecule has 2 saturated heterocycles. The number of ether oxygens (including phenoxy) is 1. The van der Waals surface area contributed by atoms with Gasteiger partial charge in [0.15, 0.2) is 0 Å². The van der Waals surface area contributed by atoms with Crippen molar-refractivity contribution in [2.24, 2.45) is 5.92 Å². The van der Waals surface area contributed by atoms with E-state index in [9.17, 15) is 9.59 Å². The van der Waals surface area contributed by atoms with Crippen molar-refractivity contribution < 1.29 is 14.3 Å². The molecule has 0 unspecified atom stereocenters. The minimum absolute atomic E-state index is 0.146. The highest BCUT2D eigenvalue weighted by molar-refractivity contribution is 5.85. The molecule has 124 valence electrons. The van der Waals surface area contributed by atoms with E-state index in [0.717, 1.165) is 5.56 Å². The van der Waals surface area contributed by atoms with Gasteiger partial charge in [0.05, 0.1) is 25.2 Å². The lowest BCUT2D eigenvalue weighted by Gasteiger charge is -2.42. The molecule has 0 N–H and O–H groups in total. The Kier molecular flexibility index (Phi) is 4.96. The van der Waals surface area contributed by atoms with Crippen LogP contribution in [0.2, 0.25) is 0 Å². The lowest BCUT2D eigenvalue weighted by molar-refractivity contribution is -0.150. The van der Waals surface area contributed by atoms with Gasteiger partial charge in [-0.2, -0.15) is 0 Å². The Morgan fingerprint density at radius 2 is 1.91 bits per heavy atom. The SMILES string of the molecule is CCN1C(=O)CC[C@@H](C(=O)N2CCOCC2)[C@@H]1c1ccccc1. The first-order valence-electron chi connectivity index (χ1n) is 8.43. The summed E-state index contributed by atoms with van der Waals surface area (Å²) in [6.07, 6.45) is 1.09. The Bertz CT molecular complexity index is 555. The number of amides is 2. The first-order valence-corrected chi connectivity index (χ1v) is 8.43. The van der Waals surface area contributed by atoms with Gasteiger partial charge in [-0.3, -0.25) is 9.59 Å². The molecule has 0 aliphatic carbocycles. The number of hydrogen-bond donors (Lipinski definition) is 0. The lowest BCUT2D eigenvalue weighted by atomic mass is 9.83. The highest BCUT2D eigenvalue weighted by Gasteiger charge is 2.41. The molecule has 5 heteroatoms. The number of benzene rings is 1. The van der Waals surface area contributed by atoms with Gasteiger partial charge in [-0.25, -0.2) is 0 Å². The highest BCUT2D eigenvalue weighted by Crippen LogP contribution is 2.37. The number of morpholine rings is 1. The van der Waals surface area contributed by atoms with Crippen LogP contribution >= 0.6 is 0 Å². The van der Waals surface area contributed by atoms with Gasteiger partial charge in [-0.1, -0.05) is 30.3 Å². The largest absolute Gasteiger partial charge is 0.378 e. The van der Waals surface area contributed by atoms with Gasteiger partial charge in [0.1, 0.15) is 0 Å². The predicted molar refractivity (Wildman–Crippen MR) is 86.7 cm³/mol. The Hall–Kier alpha value is -1.88. The minimum atomic E-state index is -0.159. The molecule has 0 saturated carbocycles. The summed E-state index contributed by atoms with van der Waals surface area (Å²) in [6.45, 7) is 5.12. The van der Waals surface area contributed by atoms with Gasteiger partial charge < -0.3 is 14.5 Å². The van der Waals surface area contributed by atoms with E-state index in [-0.39, 0.29) is 23.8 Å². The summed E-state index contributed by atoms with van der Waals surface area (Å²) in [4.78, 5) is 29.1. The summed E-state index contributed by atoms with van der Waals surface area (Å²) in [5.74, 6) is 0.147. The van der Waals surface area contributed by atoms with Crippen LogP contribution in [0.5, 0.6) is 0 Å². The van der Waals surface area contributed by atoms with Crippen LogP contribution in [0.3, 0.4) is 0 Å². The first kappa shape index (κ1) is 16.0. The van der Waals surface area contributed by atoms with E-state index in [1.807, 2.05) is 47.1 Å². The summed E-state index contributed by atoms with van der Waals surface area (Å²) in [5.41, 5.74) is 1.05. The molecule has 0 radical (unpaired) electrons. The van der Waals surface area contributed by atoms with E-state index in [0.29, 0.717) is 45.7 Å². The predicted octanol–water partition coefficient (Wildman–Crippen LogP) is 1.84. The second-order valence-electron chi connectivity index (χ2n) is 6.12. The van der Waals surface area contributed by atoms with Gasteiger partial charge in [-0.15, -0.1) is 0 Å². The monoisotopic (exact) mass is 316 g/mol. The van der Waals surface area contributed by atoms with E-state index < -0.39 is 0 Å². The first-order chi connectivity index (χ1) is 11.2. The van der Waals surface area contributed by atoms with Crippen molar-refractivity contribution in [2.45, 2.75) is 25.8 Å². The highest BCUT2D eigenvalue weighted by atomic mass is 16.5. The number of nitrogens with zero attached hydrogens (tertiary/aromatic N) is 2. The summed E-state index contributed by atoms with van der Waals surface area (Å²) >= 11 is 0. The van der Waals surface area contributed by atoms with Crippen LogP contribution in [-0.4, -0.2) is 54.5 Å². The summed E-state index contributed by atoms with van der Waals surface area (Å²) in [7, 11) is 0. The van der Waals surface area contributed by atoms with Crippen LogP contribution in [0.1, 0.15) is 31.4 Å². The van der Waals surface area contributed by atoms with E-state index in [1.165, 1.54) is 0 Å². The van der Waals surface area contributed by atoms with E-state index in [2.05, 4.69) is 0 Å². The average molecular weight is 316 g/mol. The van der Waals surface area contributed by atoms with Gasteiger partial charge in [-0.05, 0) is 18.9 Å². The molecule has 1 aromatic rings. The van der Waals surface area contributed by atoms with Crippen LogP contribution in [0.4, 0.5) is 0 Å². The van der Waals surface area contributed by atoms with Gasteiger partial charge in [0, 0.05) is 26.1 Å². The number of piperidine rings is 1. The number of rotatable bonds is 3. The number of carbonyl (C=O) groups excluding carboxylic acids is 2. The van der Waals surface area contributed by atoms with E-state index in [4.69, 9.17) is 4.74 Å². The molecular formula is C18H24N2O3. The fourth-order valence-corrected chi connectivity index (χ4v) is 3.67. The smallest absolute Gasteiger partial charge is 0.228 e. The molecule has 0 spiro atoms. The number of hydrogen-bond acceptors (Lipinski definition) is 3. The van der Waals surface area contributed by atoms with Crippen LogP contribution in [0, 0.1) is 5.92 Å². The fraction of sp³-hybridized carbons (Fsp3) is 0.556. The third-order valence-electron chi connectivity index (χ3n) is 4.83. The van der Waals surface area contributed by atoms with Crippen molar-refractivity contribution >= 4 is 11.8 Å². The van der Waals surface area contributed by atoms with E-state index >= 15 is 0 Å². The second kappa shape index (κ2) is 7.13. The van der Waals surface area contributed by atoms with Crippen molar-refractivity contribution in [2.75, 3.05) is 32.8 Å². The second-order valence-corrected chi connectivity index (χ2v) is 6.12. The zero-order valence-corrected chi connectivity index (χ0v) is 13.6. The van der Waals surface area contributed by atoms with Crippen LogP contribution in [0.15, 0.2) is 30.3 Å². The third-order valence-corrected chi connectivity index (χ3v) is 4.83. The maximum Gasteiger partial charge on any atom is 0.228 e. The fourth-order valence-electron chi connectivity index (χ4n) is 3.67. The number of carbonyl (C=O) groups is 2. The molecule has 2 amide bonds. The molecule has 2 fully saturated rings. The Balaban J connectivity index is 1.89. The average Bonchev–Trinajstić information content (AvgIpc) is 2.62. The molecule has 1 aromatic carbocycles. The standard InChI is InChI=1S/C18H24N2O3/c1-2-20-16(21)9-8-15(17(20)14-6-4-3-5-7-14)18(22)19-10-12-23-13-11-19/h3-7,15,17H,2,8-13H2,1H3/t15-,17+/m1/s1. The third kappa shape index (κ3) is 3.24. The molecule has 0 bridgehead atoms. The molecule has 2 atom stereocenters. The molecule has 2 aliphatic rings. The molecule has 5 nitrogen and oxygen atoms in total. The zero-order chi connectivity index (χ0) is 16.2. The Morgan fingerprint density at radius 3 is 2.57 bits per heavy atom. The summed E-state index contributed by atoms with van der Waals surface area (Å²) in [6, 6.07) is 9.79. The quantitative estimate of drug-likeness (QED) is 0.855. The van der Waals surface area contributed by atoms with Crippen LogP contribution in [-0.2, 0) is 14.3 Å². The molecular weight excluding hydrogens is 292 g/mol. The van der Waals surface area contributed by atoms with Gasteiger partial charge >= 0.3 is 0 Å². The number of likely N-dealkylation sites (tertiary alicyclic amines) is 1. The van der Waals surface area contributed by atoms with Crippen molar-refractivity contribution in [3.8, 4) is 0 Å². The molecule has 3 rings (SSSR count). The van der Waals surface area contributed by atoms with E-state index in [1.54, 1.807) is 0 Å². The van der Waals surface area contributed by atoms with Crippen molar-refractivity contribution in [3.05, 3.63) is 35.9 Å². The maximum absolute atomic E-state index is 13.0. The zero-order valence-electron chi connectivity index (χ0n) is 13.6. The molecule has 0 aromatic heterocycles.